The highest BCUT2D eigenvalue weighted by Gasteiger charge is 2.26. The van der Waals surface area contributed by atoms with Crippen molar-refractivity contribution in [2.45, 2.75) is 32.1 Å². The molecule has 5 heteroatoms. The molecule has 1 aliphatic heterocycles. The predicted molar refractivity (Wildman–Crippen MR) is 83.3 cm³/mol. The summed E-state index contributed by atoms with van der Waals surface area (Å²) in [5.41, 5.74) is 1.97. The number of hydrogen-bond acceptors (Lipinski definition) is 4. The van der Waals surface area contributed by atoms with Crippen LogP contribution in [0.25, 0.3) is 0 Å². The van der Waals surface area contributed by atoms with Gasteiger partial charge in [-0.3, -0.25) is 9.78 Å². The Morgan fingerprint density at radius 3 is 3.05 bits per heavy atom. The molecule has 0 aromatic carbocycles. The molecule has 110 valence electrons. The molecule has 3 rings (SSSR count). The first kappa shape index (κ1) is 14.2. The van der Waals surface area contributed by atoms with Crippen LogP contribution in [0.4, 0.5) is 0 Å². The molecule has 1 amide bonds. The van der Waals surface area contributed by atoms with Crippen molar-refractivity contribution in [3.63, 3.8) is 0 Å². The first-order chi connectivity index (χ1) is 10.2. The minimum Gasteiger partial charge on any atom is -0.342 e. The highest BCUT2D eigenvalue weighted by Crippen LogP contribution is 2.28. The molecule has 0 radical (unpaired) electrons. The summed E-state index contributed by atoms with van der Waals surface area (Å²) in [6.07, 6.45) is 6.28. The van der Waals surface area contributed by atoms with Gasteiger partial charge in [-0.25, -0.2) is 4.98 Å². The fourth-order valence-corrected chi connectivity index (χ4v) is 3.50. The topological polar surface area (TPSA) is 46.1 Å². The van der Waals surface area contributed by atoms with Gasteiger partial charge in [0.25, 0.3) is 0 Å². The summed E-state index contributed by atoms with van der Waals surface area (Å²) in [5, 5.41) is 3.16. The van der Waals surface area contributed by atoms with Gasteiger partial charge in [0.05, 0.1) is 11.4 Å². The fraction of sp³-hybridized carbons (Fsp3) is 0.438. The van der Waals surface area contributed by atoms with E-state index >= 15 is 0 Å². The molecule has 3 heterocycles. The number of aromatic nitrogens is 2. The molecule has 1 saturated heterocycles. The van der Waals surface area contributed by atoms with Crippen molar-refractivity contribution in [1.29, 1.82) is 0 Å². The highest BCUT2D eigenvalue weighted by atomic mass is 32.1. The number of hydrogen-bond donors (Lipinski definition) is 0. The smallest absolute Gasteiger partial charge is 0.227 e. The van der Waals surface area contributed by atoms with E-state index in [0.717, 1.165) is 42.2 Å². The normalized spacial score (nSPS) is 18.7. The largest absolute Gasteiger partial charge is 0.342 e. The lowest BCUT2D eigenvalue weighted by atomic mass is 9.98. The number of thiazole rings is 1. The van der Waals surface area contributed by atoms with Crippen LogP contribution >= 0.6 is 11.3 Å². The van der Waals surface area contributed by atoms with Crippen LogP contribution in [0, 0.1) is 6.92 Å². The van der Waals surface area contributed by atoms with Gasteiger partial charge in [-0.05, 0) is 31.4 Å². The van der Waals surface area contributed by atoms with Crippen LogP contribution in [0.15, 0.2) is 29.9 Å². The van der Waals surface area contributed by atoms with Crippen molar-refractivity contribution in [2.24, 2.45) is 0 Å². The van der Waals surface area contributed by atoms with Gasteiger partial charge in [-0.15, -0.1) is 11.3 Å². The summed E-state index contributed by atoms with van der Waals surface area (Å²) in [4.78, 5) is 23.1. The third-order valence-corrected chi connectivity index (χ3v) is 4.84. The zero-order chi connectivity index (χ0) is 14.7. The molecular formula is C16H19N3OS. The molecular weight excluding hydrogens is 282 g/mol. The number of carbonyl (C=O) groups is 1. The van der Waals surface area contributed by atoms with E-state index in [-0.39, 0.29) is 5.91 Å². The molecule has 0 aliphatic carbocycles. The molecule has 0 N–H and O–H groups in total. The lowest BCUT2D eigenvalue weighted by molar-refractivity contribution is -0.131. The summed E-state index contributed by atoms with van der Waals surface area (Å²) in [7, 11) is 0. The summed E-state index contributed by atoms with van der Waals surface area (Å²) in [6.45, 7) is 3.61. The molecule has 2 aromatic heterocycles. The molecule has 1 atom stereocenters. The Balaban J connectivity index is 1.63. The van der Waals surface area contributed by atoms with Crippen LogP contribution in [0.1, 0.15) is 35.0 Å². The predicted octanol–water partition coefficient (Wildman–Crippen LogP) is 2.80. The van der Waals surface area contributed by atoms with Crippen molar-refractivity contribution in [1.82, 2.24) is 14.9 Å². The van der Waals surface area contributed by atoms with Crippen molar-refractivity contribution in [3.05, 3.63) is 46.2 Å². The van der Waals surface area contributed by atoms with E-state index in [1.807, 2.05) is 35.5 Å². The first-order valence-electron chi connectivity index (χ1n) is 7.31. The third-order valence-electron chi connectivity index (χ3n) is 3.90. The molecule has 1 fully saturated rings. The van der Waals surface area contributed by atoms with E-state index in [1.165, 1.54) is 0 Å². The Morgan fingerprint density at radius 1 is 1.43 bits per heavy atom. The van der Waals surface area contributed by atoms with E-state index in [4.69, 9.17) is 0 Å². The second kappa shape index (κ2) is 6.35. The monoisotopic (exact) mass is 301 g/mol. The zero-order valence-electron chi connectivity index (χ0n) is 12.2. The maximum atomic E-state index is 12.4. The Kier molecular flexibility index (Phi) is 4.29. The molecule has 0 bridgehead atoms. The van der Waals surface area contributed by atoms with Crippen molar-refractivity contribution in [2.75, 3.05) is 13.1 Å². The number of aryl methyl sites for hydroxylation is 1. The molecule has 21 heavy (non-hydrogen) atoms. The lowest BCUT2D eigenvalue weighted by Gasteiger charge is -2.32. The summed E-state index contributed by atoms with van der Waals surface area (Å²) in [6, 6.07) is 3.94. The third kappa shape index (κ3) is 3.47. The van der Waals surface area contributed by atoms with Gasteiger partial charge in [0.2, 0.25) is 5.91 Å². The van der Waals surface area contributed by atoms with Crippen molar-refractivity contribution >= 4 is 17.2 Å². The number of likely N-dealkylation sites (tertiary alicyclic amines) is 1. The zero-order valence-corrected chi connectivity index (χ0v) is 13.0. The average Bonchev–Trinajstić information content (AvgIpc) is 3.04. The van der Waals surface area contributed by atoms with Gasteiger partial charge < -0.3 is 4.90 Å². The Hall–Kier alpha value is -1.75. The minimum absolute atomic E-state index is 0.196. The van der Waals surface area contributed by atoms with Crippen LogP contribution in [-0.2, 0) is 11.2 Å². The SMILES string of the molecule is Cc1ccc(CC(=O)N2CCC[C@@H](c3nccs3)C2)cn1. The van der Waals surface area contributed by atoms with Gasteiger partial charge >= 0.3 is 0 Å². The Bertz CT molecular complexity index is 594. The second-order valence-corrected chi connectivity index (χ2v) is 6.46. The second-order valence-electron chi connectivity index (χ2n) is 5.53. The fourth-order valence-electron chi connectivity index (χ4n) is 2.73. The van der Waals surface area contributed by atoms with Crippen LogP contribution in [0.5, 0.6) is 0 Å². The molecule has 4 nitrogen and oxygen atoms in total. The standard InChI is InChI=1S/C16H19N3OS/c1-12-4-5-13(10-18-12)9-15(20)19-7-2-3-14(11-19)16-17-6-8-21-16/h4-6,8,10,14H,2-3,7,9,11H2,1H3/t14-/m1/s1. The van der Waals surface area contributed by atoms with Gasteiger partial charge in [0, 0.05) is 42.5 Å². The van der Waals surface area contributed by atoms with Crippen LogP contribution < -0.4 is 0 Å². The lowest BCUT2D eigenvalue weighted by Crippen LogP contribution is -2.39. The van der Waals surface area contributed by atoms with Gasteiger partial charge in [-0.2, -0.15) is 0 Å². The maximum absolute atomic E-state index is 12.4. The summed E-state index contributed by atoms with van der Waals surface area (Å²) in [5.74, 6) is 0.598. The molecule has 0 unspecified atom stereocenters. The Labute approximate surface area is 128 Å². The van der Waals surface area contributed by atoms with Crippen LogP contribution in [0.2, 0.25) is 0 Å². The van der Waals surface area contributed by atoms with Gasteiger partial charge in [-0.1, -0.05) is 6.07 Å². The number of amides is 1. The van der Waals surface area contributed by atoms with Crippen LogP contribution in [-0.4, -0.2) is 33.9 Å². The van der Waals surface area contributed by atoms with Crippen molar-refractivity contribution in [3.8, 4) is 0 Å². The number of rotatable bonds is 3. The quantitative estimate of drug-likeness (QED) is 0.876. The number of nitrogens with zero attached hydrogens (tertiary/aromatic N) is 3. The van der Waals surface area contributed by atoms with Crippen molar-refractivity contribution < 1.29 is 4.79 Å². The molecule has 0 spiro atoms. The Morgan fingerprint density at radius 2 is 2.33 bits per heavy atom. The van der Waals surface area contributed by atoms with E-state index in [0.29, 0.717) is 12.3 Å². The van der Waals surface area contributed by atoms with E-state index in [1.54, 1.807) is 17.5 Å². The number of piperidine rings is 1. The average molecular weight is 301 g/mol. The molecule has 0 saturated carbocycles. The number of pyridine rings is 1. The molecule has 1 aliphatic rings. The first-order valence-corrected chi connectivity index (χ1v) is 8.19. The highest BCUT2D eigenvalue weighted by molar-refractivity contribution is 7.09. The molecule has 2 aromatic rings. The van der Waals surface area contributed by atoms with E-state index in [9.17, 15) is 4.79 Å². The minimum atomic E-state index is 0.196. The van der Waals surface area contributed by atoms with E-state index in [2.05, 4.69) is 9.97 Å². The van der Waals surface area contributed by atoms with Gasteiger partial charge in [0.15, 0.2) is 0 Å². The van der Waals surface area contributed by atoms with E-state index < -0.39 is 0 Å². The van der Waals surface area contributed by atoms with Gasteiger partial charge in [0.1, 0.15) is 0 Å². The number of carbonyl (C=O) groups excluding carboxylic acids is 1. The summed E-state index contributed by atoms with van der Waals surface area (Å²) >= 11 is 1.69. The van der Waals surface area contributed by atoms with Crippen LogP contribution in [0.3, 0.4) is 0 Å². The maximum Gasteiger partial charge on any atom is 0.227 e. The summed E-state index contributed by atoms with van der Waals surface area (Å²) < 4.78 is 0.